The van der Waals surface area contributed by atoms with Crippen molar-refractivity contribution < 1.29 is 4.42 Å². The maximum absolute atomic E-state index is 6.30. The topological polar surface area (TPSA) is 16.4 Å². The van der Waals surface area contributed by atoms with Crippen LogP contribution >= 0.6 is 0 Å². The molecule has 0 atom stereocenters. The van der Waals surface area contributed by atoms with E-state index >= 15 is 0 Å². The van der Waals surface area contributed by atoms with Crippen molar-refractivity contribution in [3.63, 3.8) is 0 Å². The van der Waals surface area contributed by atoms with Gasteiger partial charge in [0.25, 0.3) is 0 Å². The smallest absolute Gasteiger partial charge is 0.137 e. The van der Waals surface area contributed by atoms with Crippen LogP contribution < -0.4 is 4.90 Å². The molecule has 0 saturated carbocycles. The van der Waals surface area contributed by atoms with E-state index in [4.69, 9.17) is 4.42 Å². The van der Waals surface area contributed by atoms with Crippen LogP contribution in [0, 0.1) is 0 Å². The summed E-state index contributed by atoms with van der Waals surface area (Å²) in [4.78, 5) is 2.34. The van der Waals surface area contributed by atoms with Crippen LogP contribution in [0.2, 0.25) is 0 Å². The lowest BCUT2D eigenvalue weighted by Gasteiger charge is -2.27. The second kappa shape index (κ2) is 8.97. The van der Waals surface area contributed by atoms with E-state index in [2.05, 4.69) is 146 Å². The highest BCUT2D eigenvalue weighted by atomic mass is 16.3. The maximum Gasteiger partial charge on any atom is 0.137 e. The van der Waals surface area contributed by atoms with E-state index < -0.39 is 0 Å². The molecule has 7 aromatic rings. The molecule has 0 radical (unpaired) electrons. The zero-order chi connectivity index (χ0) is 27.6. The number of nitrogens with zero attached hydrogens (tertiary/aromatic N) is 1. The van der Waals surface area contributed by atoms with Gasteiger partial charge in [-0.25, -0.2) is 0 Å². The Morgan fingerprint density at radius 1 is 0.488 bits per heavy atom. The van der Waals surface area contributed by atoms with Crippen molar-refractivity contribution in [1.29, 1.82) is 0 Å². The Bertz CT molecular complexity index is 2070. The summed E-state index contributed by atoms with van der Waals surface area (Å²) in [6.45, 7) is 4.69. The molecule has 41 heavy (non-hydrogen) atoms. The minimum absolute atomic E-state index is 0.0846. The van der Waals surface area contributed by atoms with Gasteiger partial charge in [0.15, 0.2) is 0 Å². The molecule has 1 aliphatic carbocycles. The Kier molecular flexibility index (Phi) is 5.20. The quantitative estimate of drug-likeness (QED) is 0.226. The summed E-state index contributed by atoms with van der Waals surface area (Å²) in [6, 6.07) is 49.9. The van der Waals surface area contributed by atoms with Gasteiger partial charge in [-0.2, -0.15) is 0 Å². The summed E-state index contributed by atoms with van der Waals surface area (Å²) in [5, 5.41) is 2.28. The van der Waals surface area contributed by atoms with Gasteiger partial charge >= 0.3 is 0 Å². The zero-order valence-electron chi connectivity index (χ0n) is 23.1. The standard InChI is InChI=1S/C39H29NO/c1-39(2)34-23-21-28(24-33(34)38-30(17-11-18-35(38)39)26-12-5-3-6-13-26)40(27-14-7-4-8-15-27)29-20-22-32-31-16-9-10-19-36(31)41-37(32)25-29/h3-25H,1-2H3. The fourth-order valence-corrected chi connectivity index (χ4v) is 6.67. The van der Waals surface area contributed by atoms with E-state index in [1.807, 2.05) is 12.1 Å². The van der Waals surface area contributed by atoms with Gasteiger partial charge in [-0.05, 0) is 75.8 Å². The fourth-order valence-electron chi connectivity index (χ4n) is 6.67. The Hall–Kier alpha value is -5.08. The number of hydrogen-bond donors (Lipinski definition) is 0. The minimum atomic E-state index is -0.0846. The van der Waals surface area contributed by atoms with Crippen LogP contribution in [0.1, 0.15) is 25.0 Å². The SMILES string of the molecule is CC1(C)c2ccc(N(c3ccccc3)c3ccc4c(c3)oc3ccccc34)cc2-c2c(-c3ccccc3)cccc21. The number of fused-ring (bicyclic) bond motifs is 6. The van der Waals surface area contributed by atoms with Crippen LogP contribution in [0.25, 0.3) is 44.2 Å². The molecule has 0 aliphatic heterocycles. The van der Waals surface area contributed by atoms with Gasteiger partial charge < -0.3 is 9.32 Å². The second-order valence-electron chi connectivity index (χ2n) is 11.4. The van der Waals surface area contributed by atoms with E-state index in [-0.39, 0.29) is 5.41 Å². The number of rotatable bonds is 4. The highest BCUT2D eigenvalue weighted by Crippen LogP contribution is 2.53. The van der Waals surface area contributed by atoms with Crippen LogP contribution in [-0.2, 0) is 5.41 Å². The van der Waals surface area contributed by atoms with Gasteiger partial charge in [0.1, 0.15) is 11.2 Å². The first-order valence-electron chi connectivity index (χ1n) is 14.2. The van der Waals surface area contributed by atoms with Crippen molar-refractivity contribution in [2.45, 2.75) is 19.3 Å². The Balaban J connectivity index is 1.35. The summed E-state index contributed by atoms with van der Waals surface area (Å²) >= 11 is 0. The van der Waals surface area contributed by atoms with E-state index in [0.29, 0.717) is 0 Å². The molecule has 0 spiro atoms. The van der Waals surface area contributed by atoms with E-state index in [9.17, 15) is 0 Å². The molecule has 0 amide bonds. The molecule has 1 heterocycles. The molecular weight excluding hydrogens is 498 g/mol. The highest BCUT2D eigenvalue weighted by Gasteiger charge is 2.37. The van der Waals surface area contributed by atoms with Gasteiger partial charge in [-0.1, -0.05) is 105 Å². The molecule has 1 aliphatic rings. The molecule has 6 aromatic carbocycles. The molecule has 8 rings (SSSR count). The molecule has 0 saturated heterocycles. The van der Waals surface area contributed by atoms with Crippen LogP contribution in [-0.4, -0.2) is 0 Å². The van der Waals surface area contributed by atoms with Crippen LogP contribution in [0.5, 0.6) is 0 Å². The first-order chi connectivity index (χ1) is 20.1. The van der Waals surface area contributed by atoms with Gasteiger partial charge in [-0.15, -0.1) is 0 Å². The number of anilines is 3. The second-order valence-corrected chi connectivity index (χ2v) is 11.4. The van der Waals surface area contributed by atoms with Crippen LogP contribution in [0.3, 0.4) is 0 Å². The maximum atomic E-state index is 6.30. The normalized spacial score (nSPS) is 13.3. The lowest BCUT2D eigenvalue weighted by Crippen LogP contribution is -2.15. The Morgan fingerprint density at radius 3 is 2.00 bits per heavy atom. The van der Waals surface area contributed by atoms with Crippen molar-refractivity contribution >= 4 is 39.0 Å². The zero-order valence-corrected chi connectivity index (χ0v) is 23.1. The molecule has 1 aromatic heterocycles. The van der Waals surface area contributed by atoms with Gasteiger partial charge in [0, 0.05) is 39.3 Å². The molecule has 0 fully saturated rings. The average molecular weight is 528 g/mol. The van der Waals surface area contributed by atoms with Gasteiger partial charge in [0.05, 0.1) is 0 Å². The summed E-state index contributed by atoms with van der Waals surface area (Å²) in [5.41, 5.74) is 12.9. The van der Waals surface area contributed by atoms with E-state index in [0.717, 1.165) is 39.0 Å². The summed E-state index contributed by atoms with van der Waals surface area (Å²) in [5.74, 6) is 0. The Morgan fingerprint density at radius 2 is 1.17 bits per heavy atom. The third-order valence-electron chi connectivity index (χ3n) is 8.66. The Labute approximate surface area is 240 Å². The summed E-state index contributed by atoms with van der Waals surface area (Å²) in [6.07, 6.45) is 0. The lowest BCUT2D eigenvalue weighted by molar-refractivity contribution is 0.660. The molecule has 196 valence electrons. The van der Waals surface area contributed by atoms with Crippen molar-refractivity contribution in [2.75, 3.05) is 4.90 Å². The average Bonchev–Trinajstić information content (AvgIpc) is 3.50. The monoisotopic (exact) mass is 527 g/mol. The van der Waals surface area contributed by atoms with Crippen molar-refractivity contribution in [3.05, 3.63) is 151 Å². The van der Waals surface area contributed by atoms with Gasteiger partial charge in [-0.3, -0.25) is 0 Å². The van der Waals surface area contributed by atoms with Crippen LogP contribution in [0.4, 0.5) is 17.1 Å². The minimum Gasteiger partial charge on any atom is -0.456 e. The van der Waals surface area contributed by atoms with E-state index in [1.165, 1.54) is 33.4 Å². The third kappa shape index (κ3) is 3.64. The van der Waals surface area contributed by atoms with Crippen molar-refractivity contribution in [3.8, 4) is 22.3 Å². The molecule has 2 heteroatoms. The van der Waals surface area contributed by atoms with Crippen LogP contribution in [0.15, 0.2) is 144 Å². The molecule has 0 unspecified atom stereocenters. The summed E-state index contributed by atoms with van der Waals surface area (Å²) in [7, 11) is 0. The number of furan rings is 1. The highest BCUT2D eigenvalue weighted by molar-refractivity contribution is 6.06. The molecule has 2 nitrogen and oxygen atoms in total. The first kappa shape index (κ1) is 23.8. The fraction of sp³-hybridized carbons (Fsp3) is 0.0769. The molecule has 0 N–H and O–H groups in total. The van der Waals surface area contributed by atoms with Crippen molar-refractivity contribution in [2.24, 2.45) is 0 Å². The molecule has 0 bridgehead atoms. The summed E-state index contributed by atoms with van der Waals surface area (Å²) < 4.78 is 6.30. The lowest BCUT2D eigenvalue weighted by atomic mass is 9.82. The van der Waals surface area contributed by atoms with E-state index in [1.54, 1.807) is 0 Å². The van der Waals surface area contributed by atoms with Gasteiger partial charge in [0.2, 0.25) is 0 Å². The predicted molar refractivity (Wildman–Crippen MR) is 171 cm³/mol. The number of para-hydroxylation sites is 2. The largest absolute Gasteiger partial charge is 0.456 e. The number of hydrogen-bond acceptors (Lipinski definition) is 2. The number of benzene rings is 6. The third-order valence-corrected chi connectivity index (χ3v) is 8.66. The predicted octanol–water partition coefficient (Wildman–Crippen LogP) is 11.0. The van der Waals surface area contributed by atoms with Crippen molar-refractivity contribution in [1.82, 2.24) is 0 Å². The first-order valence-corrected chi connectivity index (χ1v) is 14.2. The molecular formula is C39H29NO.